The molecule has 0 saturated heterocycles. The van der Waals surface area contributed by atoms with Crippen molar-refractivity contribution in [1.82, 2.24) is 0 Å². The number of hydrogen-bond acceptors (Lipinski definition) is 1. The van der Waals surface area contributed by atoms with Crippen molar-refractivity contribution in [3.63, 3.8) is 0 Å². The molecule has 0 aromatic heterocycles. The fourth-order valence-corrected chi connectivity index (χ4v) is 1.12. The summed E-state index contributed by atoms with van der Waals surface area (Å²) in [5.41, 5.74) is 3.47. The van der Waals surface area contributed by atoms with Crippen molar-refractivity contribution in [3.05, 3.63) is 110 Å². The van der Waals surface area contributed by atoms with Gasteiger partial charge in [0.2, 0.25) is 0 Å². The predicted octanol–water partition coefficient (Wildman–Crippen LogP) is 5.96. The van der Waals surface area contributed by atoms with Crippen molar-refractivity contribution in [2.24, 2.45) is 0 Å². The van der Waals surface area contributed by atoms with Crippen LogP contribution in [0.25, 0.3) is 0 Å². The predicted molar refractivity (Wildman–Crippen MR) is 94.7 cm³/mol. The van der Waals surface area contributed by atoms with E-state index in [0.717, 1.165) is 22.3 Å². The van der Waals surface area contributed by atoms with Crippen LogP contribution in [0.15, 0.2) is 110 Å². The first-order valence-corrected chi connectivity index (χ1v) is 6.51. The summed E-state index contributed by atoms with van der Waals surface area (Å²) in [6.45, 7) is 26.8. The Labute approximate surface area is 129 Å². The summed E-state index contributed by atoms with van der Waals surface area (Å²) in [6, 6.07) is 0. The molecule has 0 aromatic rings. The first-order chi connectivity index (χ1) is 9.72. The minimum absolute atomic E-state index is 0.476. The SMILES string of the molecule is C=C(C)/C=C\C(=C)OC(=C)/C=C\C(=C)C(=C)/C=C\C(=C)C. The van der Waals surface area contributed by atoms with Crippen molar-refractivity contribution in [3.8, 4) is 0 Å². The van der Waals surface area contributed by atoms with Crippen LogP contribution in [0.2, 0.25) is 0 Å². The lowest BCUT2D eigenvalue weighted by atomic mass is 10.1. The van der Waals surface area contributed by atoms with E-state index >= 15 is 0 Å². The lowest BCUT2D eigenvalue weighted by molar-refractivity contribution is 0.340. The van der Waals surface area contributed by atoms with Gasteiger partial charge < -0.3 is 4.74 Å². The normalized spacial score (nSPS) is 11.0. The zero-order chi connectivity index (χ0) is 16.4. The second-order valence-electron chi connectivity index (χ2n) is 4.78. The highest BCUT2D eigenvalue weighted by molar-refractivity contribution is 5.45. The molecule has 0 aliphatic heterocycles. The minimum Gasteiger partial charge on any atom is -0.459 e. The molecule has 0 N–H and O–H groups in total. The zero-order valence-electron chi connectivity index (χ0n) is 13.1. The molecule has 0 fully saturated rings. The molecule has 0 heterocycles. The Morgan fingerprint density at radius 3 is 1.33 bits per heavy atom. The third-order valence-electron chi connectivity index (χ3n) is 2.27. The van der Waals surface area contributed by atoms with E-state index in [4.69, 9.17) is 4.74 Å². The molecule has 0 aliphatic carbocycles. The molecular weight excluding hydrogens is 256 g/mol. The number of hydrogen-bond donors (Lipinski definition) is 0. The fraction of sp³-hybridized carbons (Fsp3) is 0.100. The molecule has 0 rings (SSSR count). The average Bonchev–Trinajstić information content (AvgIpc) is 2.39. The van der Waals surface area contributed by atoms with E-state index in [1.54, 1.807) is 18.2 Å². The Morgan fingerprint density at radius 1 is 0.571 bits per heavy atom. The Hall–Kier alpha value is -2.54. The molecule has 0 spiro atoms. The van der Waals surface area contributed by atoms with Gasteiger partial charge in [0.15, 0.2) is 0 Å². The first-order valence-electron chi connectivity index (χ1n) is 6.51. The fourth-order valence-electron chi connectivity index (χ4n) is 1.12. The standard InChI is InChI=1S/C20H24O/c1-15(2)9-11-17(5)18(6)12-14-20(8)21-19(7)13-10-16(3)4/h9-14H,1,3,5-8H2,2,4H3/b11-9-,13-10-,14-12-. The molecule has 0 aliphatic rings. The van der Waals surface area contributed by atoms with Crippen LogP contribution in [0.4, 0.5) is 0 Å². The first kappa shape index (κ1) is 18.5. The molecule has 0 amide bonds. The van der Waals surface area contributed by atoms with Crippen LogP contribution in [-0.2, 0) is 4.74 Å². The molecule has 0 saturated carbocycles. The van der Waals surface area contributed by atoms with E-state index in [1.165, 1.54) is 0 Å². The molecule has 110 valence electrons. The minimum atomic E-state index is 0.476. The summed E-state index contributed by atoms with van der Waals surface area (Å²) in [5.74, 6) is 0.975. The van der Waals surface area contributed by atoms with Crippen LogP contribution in [0.5, 0.6) is 0 Å². The maximum absolute atomic E-state index is 5.42. The highest BCUT2D eigenvalue weighted by atomic mass is 16.5. The van der Waals surface area contributed by atoms with Crippen LogP contribution in [0.3, 0.4) is 0 Å². The van der Waals surface area contributed by atoms with Crippen molar-refractivity contribution in [2.75, 3.05) is 0 Å². The van der Waals surface area contributed by atoms with Gasteiger partial charge in [-0.1, -0.05) is 74.9 Å². The summed E-state index contributed by atoms with van der Waals surface area (Å²) in [6.07, 6.45) is 10.8. The molecular formula is C20H24O. The van der Waals surface area contributed by atoms with Crippen LogP contribution >= 0.6 is 0 Å². The van der Waals surface area contributed by atoms with E-state index in [9.17, 15) is 0 Å². The Bertz CT molecular complexity index is 563. The van der Waals surface area contributed by atoms with Crippen molar-refractivity contribution in [1.29, 1.82) is 0 Å². The van der Waals surface area contributed by atoms with E-state index in [1.807, 2.05) is 32.1 Å². The van der Waals surface area contributed by atoms with Gasteiger partial charge in [-0.25, -0.2) is 0 Å². The second-order valence-corrected chi connectivity index (χ2v) is 4.78. The molecule has 0 unspecified atom stereocenters. The van der Waals surface area contributed by atoms with E-state index in [2.05, 4.69) is 39.5 Å². The summed E-state index contributed by atoms with van der Waals surface area (Å²) in [5, 5.41) is 0. The van der Waals surface area contributed by atoms with Gasteiger partial charge in [0.1, 0.15) is 11.5 Å². The van der Waals surface area contributed by atoms with Crippen LogP contribution in [0, 0.1) is 0 Å². The quantitative estimate of drug-likeness (QED) is 0.374. The number of rotatable bonds is 9. The lowest BCUT2D eigenvalue weighted by Gasteiger charge is -2.05. The van der Waals surface area contributed by atoms with Gasteiger partial charge in [-0.05, 0) is 37.1 Å². The monoisotopic (exact) mass is 280 g/mol. The topological polar surface area (TPSA) is 9.23 Å². The van der Waals surface area contributed by atoms with Gasteiger partial charge >= 0.3 is 0 Å². The van der Waals surface area contributed by atoms with Gasteiger partial charge in [-0.2, -0.15) is 0 Å². The summed E-state index contributed by atoms with van der Waals surface area (Å²) < 4.78 is 5.42. The third kappa shape index (κ3) is 9.97. The Balaban J connectivity index is 4.47. The van der Waals surface area contributed by atoms with Gasteiger partial charge in [-0.3, -0.25) is 0 Å². The van der Waals surface area contributed by atoms with Gasteiger partial charge in [-0.15, -0.1) is 0 Å². The largest absolute Gasteiger partial charge is 0.459 e. The molecule has 0 atom stereocenters. The highest BCUT2D eigenvalue weighted by Gasteiger charge is 1.95. The smallest absolute Gasteiger partial charge is 0.120 e. The molecule has 1 nitrogen and oxygen atoms in total. The van der Waals surface area contributed by atoms with Gasteiger partial charge in [0, 0.05) is 0 Å². The maximum Gasteiger partial charge on any atom is 0.120 e. The van der Waals surface area contributed by atoms with E-state index in [0.29, 0.717) is 11.5 Å². The zero-order valence-corrected chi connectivity index (χ0v) is 13.1. The van der Waals surface area contributed by atoms with Crippen molar-refractivity contribution >= 4 is 0 Å². The van der Waals surface area contributed by atoms with Crippen LogP contribution in [-0.4, -0.2) is 0 Å². The average molecular weight is 280 g/mol. The number of ether oxygens (including phenoxy) is 1. The Morgan fingerprint density at radius 2 is 0.905 bits per heavy atom. The Kier molecular flexibility index (Phi) is 8.24. The summed E-state index contributed by atoms with van der Waals surface area (Å²) in [7, 11) is 0. The van der Waals surface area contributed by atoms with E-state index in [-0.39, 0.29) is 0 Å². The van der Waals surface area contributed by atoms with Crippen molar-refractivity contribution in [2.45, 2.75) is 13.8 Å². The maximum atomic E-state index is 5.42. The molecule has 0 aromatic carbocycles. The van der Waals surface area contributed by atoms with Gasteiger partial charge in [0.05, 0.1) is 0 Å². The molecule has 21 heavy (non-hydrogen) atoms. The number of allylic oxidation sites excluding steroid dienone is 10. The van der Waals surface area contributed by atoms with Gasteiger partial charge in [0.25, 0.3) is 0 Å². The summed E-state index contributed by atoms with van der Waals surface area (Å²) >= 11 is 0. The van der Waals surface area contributed by atoms with Crippen LogP contribution in [0.1, 0.15) is 13.8 Å². The highest BCUT2D eigenvalue weighted by Crippen LogP contribution is 2.12. The van der Waals surface area contributed by atoms with Crippen molar-refractivity contribution < 1.29 is 4.74 Å². The third-order valence-corrected chi connectivity index (χ3v) is 2.27. The van der Waals surface area contributed by atoms with E-state index < -0.39 is 0 Å². The lowest BCUT2D eigenvalue weighted by Crippen LogP contribution is -1.86. The molecule has 0 bridgehead atoms. The second kappa shape index (κ2) is 9.38. The van der Waals surface area contributed by atoms with Crippen LogP contribution < -0.4 is 0 Å². The molecule has 1 heteroatoms. The summed E-state index contributed by atoms with van der Waals surface area (Å²) in [4.78, 5) is 0. The molecule has 0 radical (unpaired) electrons.